The molecule has 0 unspecified atom stereocenters. The molecule has 19 heavy (non-hydrogen) atoms. The first-order valence-electron chi connectivity index (χ1n) is 5.34. The van der Waals surface area contributed by atoms with Crippen molar-refractivity contribution >= 4 is 29.2 Å². The SMILES string of the molecule is COCC(=O)OCC(=O)Nc1cc(Cl)ccc1OC. The second-order valence-corrected chi connectivity index (χ2v) is 3.92. The standard InChI is InChI=1S/C12H14ClNO5/c1-17-7-12(16)19-6-11(15)14-9-5-8(13)3-4-10(9)18-2/h3-5H,6-7H2,1-2H3,(H,14,15). The first kappa shape index (κ1) is 15.3. The van der Waals surface area contributed by atoms with Gasteiger partial charge in [0.15, 0.2) is 6.61 Å². The van der Waals surface area contributed by atoms with Crippen LogP contribution in [0.1, 0.15) is 0 Å². The molecule has 0 radical (unpaired) electrons. The number of carbonyl (C=O) groups excluding carboxylic acids is 2. The number of hydrogen-bond donors (Lipinski definition) is 1. The topological polar surface area (TPSA) is 73.9 Å². The predicted octanol–water partition coefficient (Wildman–Crippen LogP) is 1.48. The lowest BCUT2D eigenvalue weighted by Gasteiger charge is -2.10. The van der Waals surface area contributed by atoms with Crippen LogP contribution in [0.15, 0.2) is 18.2 Å². The van der Waals surface area contributed by atoms with E-state index in [1.165, 1.54) is 20.3 Å². The van der Waals surface area contributed by atoms with Crippen molar-refractivity contribution in [3.63, 3.8) is 0 Å². The molecule has 0 aliphatic carbocycles. The average molecular weight is 288 g/mol. The second kappa shape index (κ2) is 7.60. The smallest absolute Gasteiger partial charge is 0.332 e. The molecule has 0 aromatic heterocycles. The molecule has 6 nitrogen and oxygen atoms in total. The number of nitrogens with one attached hydrogen (secondary N) is 1. The largest absolute Gasteiger partial charge is 0.495 e. The van der Waals surface area contributed by atoms with E-state index in [0.29, 0.717) is 16.5 Å². The monoisotopic (exact) mass is 287 g/mol. The van der Waals surface area contributed by atoms with Crippen molar-refractivity contribution < 1.29 is 23.8 Å². The molecule has 1 rings (SSSR count). The first-order chi connectivity index (χ1) is 9.06. The summed E-state index contributed by atoms with van der Waals surface area (Å²) in [6, 6.07) is 4.79. The number of anilines is 1. The summed E-state index contributed by atoms with van der Waals surface area (Å²) in [5.41, 5.74) is 0.405. The maximum atomic E-state index is 11.6. The van der Waals surface area contributed by atoms with Crippen LogP contribution in [0.25, 0.3) is 0 Å². The molecule has 0 fully saturated rings. The number of carbonyl (C=O) groups is 2. The van der Waals surface area contributed by atoms with Crippen LogP contribution in [-0.4, -0.2) is 39.3 Å². The van der Waals surface area contributed by atoms with Gasteiger partial charge >= 0.3 is 5.97 Å². The lowest BCUT2D eigenvalue weighted by molar-refractivity contribution is -0.150. The maximum absolute atomic E-state index is 11.6. The van der Waals surface area contributed by atoms with Crippen molar-refractivity contribution in [1.82, 2.24) is 0 Å². The van der Waals surface area contributed by atoms with Crippen LogP contribution in [0, 0.1) is 0 Å². The van der Waals surface area contributed by atoms with E-state index in [9.17, 15) is 9.59 Å². The third-order valence-corrected chi connectivity index (χ3v) is 2.30. The fraction of sp³-hybridized carbons (Fsp3) is 0.333. The van der Waals surface area contributed by atoms with Crippen LogP contribution in [0.3, 0.4) is 0 Å². The Bertz CT molecular complexity index is 463. The van der Waals surface area contributed by atoms with E-state index in [-0.39, 0.29) is 6.61 Å². The Labute approximate surface area is 115 Å². The van der Waals surface area contributed by atoms with E-state index in [1.807, 2.05) is 0 Å². The maximum Gasteiger partial charge on any atom is 0.332 e. The molecule has 0 aliphatic rings. The highest BCUT2D eigenvalue weighted by Crippen LogP contribution is 2.27. The number of rotatable bonds is 6. The molecule has 0 atom stereocenters. The predicted molar refractivity (Wildman–Crippen MR) is 69.5 cm³/mol. The Kier molecular flexibility index (Phi) is 6.11. The van der Waals surface area contributed by atoms with Crippen LogP contribution in [0.5, 0.6) is 5.75 Å². The number of esters is 1. The number of amides is 1. The highest BCUT2D eigenvalue weighted by atomic mass is 35.5. The van der Waals surface area contributed by atoms with Gasteiger partial charge in [-0.2, -0.15) is 0 Å². The van der Waals surface area contributed by atoms with Crippen molar-refractivity contribution in [2.75, 3.05) is 32.8 Å². The van der Waals surface area contributed by atoms with Gasteiger partial charge in [0, 0.05) is 12.1 Å². The molecule has 0 bridgehead atoms. The van der Waals surface area contributed by atoms with Crippen molar-refractivity contribution in [3.05, 3.63) is 23.2 Å². The summed E-state index contributed by atoms with van der Waals surface area (Å²) in [4.78, 5) is 22.6. The fourth-order valence-electron chi connectivity index (χ4n) is 1.27. The van der Waals surface area contributed by atoms with Crippen molar-refractivity contribution in [2.45, 2.75) is 0 Å². The Morgan fingerprint density at radius 3 is 2.63 bits per heavy atom. The quantitative estimate of drug-likeness (QED) is 0.802. The zero-order chi connectivity index (χ0) is 14.3. The van der Waals surface area contributed by atoms with Gasteiger partial charge in [-0.1, -0.05) is 11.6 Å². The van der Waals surface area contributed by atoms with E-state index < -0.39 is 18.5 Å². The highest BCUT2D eigenvalue weighted by molar-refractivity contribution is 6.31. The minimum Gasteiger partial charge on any atom is -0.495 e. The van der Waals surface area contributed by atoms with Gasteiger partial charge in [0.2, 0.25) is 0 Å². The molecule has 1 N–H and O–H groups in total. The van der Waals surface area contributed by atoms with Gasteiger partial charge in [-0.05, 0) is 18.2 Å². The third kappa shape index (κ3) is 5.15. The highest BCUT2D eigenvalue weighted by Gasteiger charge is 2.10. The zero-order valence-electron chi connectivity index (χ0n) is 10.6. The van der Waals surface area contributed by atoms with Gasteiger partial charge < -0.3 is 19.5 Å². The van der Waals surface area contributed by atoms with Crippen LogP contribution >= 0.6 is 11.6 Å². The Morgan fingerprint density at radius 2 is 2.00 bits per heavy atom. The minimum absolute atomic E-state index is 0.201. The molecule has 0 spiro atoms. The number of methoxy groups -OCH3 is 2. The van der Waals surface area contributed by atoms with Gasteiger partial charge in [-0.15, -0.1) is 0 Å². The minimum atomic E-state index is -0.615. The van der Waals surface area contributed by atoms with Gasteiger partial charge in [-0.25, -0.2) is 4.79 Å². The lowest BCUT2D eigenvalue weighted by Crippen LogP contribution is -2.22. The summed E-state index contributed by atoms with van der Waals surface area (Å²) >= 11 is 5.82. The van der Waals surface area contributed by atoms with Gasteiger partial charge in [0.25, 0.3) is 5.91 Å². The van der Waals surface area contributed by atoms with Crippen LogP contribution in [0.4, 0.5) is 5.69 Å². The number of ether oxygens (including phenoxy) is 3. The number of hydrogen-bond acceptors (Lipinski definition) is 5. The molecule has 1 aromatic rings. The number of benzene rings is 1. The Hall–Kier alpha value is -1.79. The molecular weight excluding hydrogens is 274 g/mol. The van der Waals surface area contributed by atoms with E-state index >= 15 is 0 Å². The molecule has 0 saturated heterocycles. The fourth-order valence-corrected chi connectivity index (χ4v) is 1.44. The van der Waals surface area contributed by atoms with Crippen molar-refractivity contribution in [1.29, 1.82) is 0 Å². The molecule has 7 heteroatoms. The molecule has 0 aliphatic heterocycles. The van der Waals surface area contributed by atoms with E-state index in [4.69, 9.17) is 16.3 Å². The van der Waals surface area contributed by atoms with E-state index in [2.05, 4.69) is 14.8 Å². The molecule has 1 amide bonds. The summed E-state index contributed by atoms with van der Waals surface area (Å²) in [5.74, 6) is -0.651. The van der Waals surface area contributed by atoms with Gasteiger partial charge in [-0.3, -0.25) is 4.79 Å². The van der Waals surface area contributed by atoms with E-state index in [0.717, 1.165) is 0 Å². The normalized spacial score (nSPS) is 9.84. The molecular formula is C12H14ClNO5. The number of halogens is 1. The average Bonchev–Trinajstić information content (AvgIpc) is 2.37. The van der Waals surface area contributed by atoms with Crippen molar-refractivity contribution in [2.24, 2.45) is 0 Å². The molecule has 0 heterocycles. The first-order valence-corrected chi connectivity index (χ1v) is 5.72. The second-order valence-electron chi connectivity index (χ2n) is 3.49. The summed E-state index contributed by atoms with van der Waals surface area (Å²) in [7, 11) is 2.83. The van der Waals surface area contributed by atoms with Gasteiger partial charge in [0.05, 0.1) is 12.8 Å². The summed E-state index contributed by atoms with van der Waals surface area (Å²) in [5, 5.41) is 2.98. The van der Waals surface area contributed by atoms with Crippen LogP contribution in [0.2, 0.25) is 5.02 Å². The summed E-state index contributed by atoms with van der Waals surface area (Å²) in [6.45, 7) is -0.606. The molecule has 1 aromatic carbocycles. The Morgan fingerprint density at radius 1 is 1.26 bits per heavy atom. The lowest BCUT2D eigenvalue weighted by atomic mass is 10.3. The third-order valence-electron chi connectivity index (χ3n) is 2.06. The van der Waals surface area contributed by atoms with Gasteiger partial charge in [0.1, 0.15) is 12.4 Å². The van der Waals surface area contributed by atoms with Crippen LogP contribution < -0.4 is 10.1 Å². The zero-order valence-corrected chi connectivity index (χ0v) is 11.3. The van der Waals surface area contributed by atoms with E-state index in [1.54, 1.807) is 12.1 Å². The molecule has 104 valence electrons. The summed E-state index contributed by atoms with van der Waals surface area (Å²) < 4.78 is 14.3. The van der Waals surface area contributed by atoms with Crippen LogP contribution in [-0.2, 0) is 19.1 Å². The van der Waals surface area contributed by atoms with Crippen molar-refractivity contribution in [3.8, 4) is 5.75 Å². The Balaban J connectivity index is 2.57. The molecule has 0 saturated carbocycles. The summed E-state index contributed by atoms with van der Waals surface area (Å²) in [6.07, 6.45) is 0.